The van der Waals surface area contributed by atoms with Gasteiger partial charge in [-0.05, 0) is 12.5 Å². The Labute approximate surface area is 115 Å². The highest BCUT2D eigenvalue weighted by molar-refractivity contribution is 5.85. The van der Waals surface area contributed by atoms with Crippen molar-refractivity contribution in [2.24, 2.45) is 5.84 Å². The highest BCUT2D eigenvalue weighted by atomic mass is 35.5. The number of hydrogen-bond acceptors (Lipinski definition) is 5. The van der Waals surface area contributed by atoms with Gasteiger partial charge in [-0.25, -0.2) is 5.01 Å². The number of nitrogens with zero attached hydrogens (tertiary/aromatic N) is 3. The van der Waals surface area contributed by atoms with Crippen LogP contribution in [0.2, 0.25) is 0 Å². The molecular formula is C10H21Cl2N5. The average molecular weight is 282 g/mol. The molecule has 2 rings (SSSR count). The van der Waals surface area contributed by atoms with Crippen molar-refractivity contribution in [3.8, 4) is 0 Å². The van der Waals surface area contributed by atoms with Crippen LogP contribution in [-0.4, -0.2) is 35.3 Å². The Morgan fingerprint density at radius 3 is 2.71 bits per heavy atom. The molecule has 0 aromatic heterocycles. The fourth-order valence-corrected chi connectivity index (χ4v) is 2.09. The van der Waals surface area contributed by atoms with Crippen molar-refractivity contribution in [2.45, 2.75) is 19.8 Å². The molecule has 0 amide bonds. The SMILES string of the molecule is CCCC1=CC2=CN(NN)CN2N(C)C1.Cl.Cl. The molecule has 17 heavy (non-hydrogen) atoms. The van der Waals surface area contributed by atoms with Crippen molar-refractivity contribution in [3.63, 3.8) is 0 Å². The first-order valence-corrected chi connectivity index (χ1v) is 5.37. The number of likely N-dealkylation sites (N-methyl/N-ethyl adjacent to an activating group) is 1. The van der Waals surface area contributed by atoms with E-state index in [0.717, 1.165) is 13.2 Å². The van der Waals surface area contributed by atoms with Gasteiger partial charge in [0.25, 0.3) is 0 Å². The quantitative estimate of drug-likeness (QED) is 0.602. The first-order chi connectivity index (χ1) is 7.24. The molecule has 0 radical (unpaired) electrons. The van der Waals surface area contributed by atoms with Crippen LogP contribution in [0.1, 0.15) is 19.8 Å². The van der Waals surface area contributed by atoms with Gasteiger partial charge in [0.05, 0.1) is 5.70 Å². The second kappa shape index (κ2) is 7.08. The van der Waals surface area contributed by atoms with E-state index < -0.39 is 0 Å². The lowest BCUT2D eigenvalue weighted by atomic mass is 10.1. The predicted molar refractivity (Wildman–Crippen MR) is 74.1 cm³/mol. The fraction of sp³-hybridized carbons (Fsp3) is 0.600. The van der Waals surface area contributed by atoms with E-state index >= 15 is 0 Å². The number of halogens is 2. The van der Waals surface area contributed by atoms with Gasteiger partial charge >= 0.3 is 0 Å². The standard InChI is InChI=1S/C10H19N5.2ClH/c1-3-4-9-5-10-7-14(12-11)8-15(10)13(2)6-9;;/h5,7,12H,3-4,6,8,11H2,1-2H3;2*1H. The summed E-state index contributed by atoms with van der Waals surface area (Å²) < 4.78 is 0. The fourth-order valence-electron chi connectivity index (χ4n) is 2.09. The number of hydrogen-bond donors (Lipinski definition) is 2. The van der Waals surface area contributed by atoms with Crippen LogP contribution in [0.4, 0.5) is 0 Å². The molecule has 100 valence electrons. The Balaban J connectivity index is 0.00000128. The molecule has 0 saturated carbocycles. The molecule has 0 unspecified atom stereocenters. The summed E-state index contributed by atoms with van der Waals surface area (Å²) in [6, 6.07) is 0. The Kier molecular flexibility index (Phi) is 6.89. The summed E-state index contributed by atoms with van der Waals surface area (Å²) in [6.07, 6.45) is 6.67. The van der Waals surface area contributed by atoms with Gasteiger partial charge in [0, 0.05) is 19.8 Å². The molecule has 0 fully saturated rings. The van der Waals surface area contributed by atoms with Crippen LogP contribution in [-0.2, 0) is 0 Å². The van der Waals surface area contributed by atoms with E-state index in [-0.39, 0.29) is 24.8 Å². The van der Waals surface area contributed by atoms with Crippen LogP contribution in [0.15, 0.2) is 23.5 Å². The zero-order valence-electron chi connectivity index (χ0n) is 10.2. The van der Waals surface area contributed by atoms with Crippen molar-refractivity contribution >= 4 is 24.8 Å². The lowest BCUT2D eigenvalue weighted by Crippen LogP contribution is -2.47. The van der Waals surface area contributed by atoms with E-state index in [1.54, 1.807) is 0 Å². The summed E-state index contributed by atoms with van der Waals surface area (Å²) >= 11 is 0. The lowest BCUT2D eigenvalue weighted by molar-refractivity contribution is 0.0152. The normalized spacial score (nSPS) is 19.0. The van der Waals surface area contributed by atoms with Crippen molar-refractivity contribution in [2.75, 3.05) is 20.3 Å². The third-order valence-electron chi connectivity index (χ3n) is 2.81. The number of hydrazine groups is 3. The zero-order chi connectivity index (χ0) is 10.8. The molecule has 0 aromatic rings. The Morgan fingerprint density at radius 1 is 1.41 bits per heavy atom. The van der Waals surface area contributed by atoms with Crippen LogP contribution >= 0.6 is 24.8 Å². The van der Waals surface area contributed by atoms with E-state index in [9.17, 15) is 0 Å². The zero-order valence-corrected chi connectivity index (χ0v) is 11.9. The molecule has 3 N–H and O–H groups in total. The summed E-state index contributed by atoms with van der Waals surface area (Å²) in [6.45, 7) is 4.01. The van der Waals surface area contributed by atoms with Crippen LogP contribution in [0, 0.1) is 0 Å². The molecule has 0 bridgehead atoms. The monoisotopic (exact) mass is 281 g/mol. The van der Waals surface area contributed by atoms with Gasteiger partial charge < -0.3 is 0 Å². The summed E-state index contributed by atoms with van der Waals surface area (Å²) in [5.74, 6) is 5.39. The lowest BCUT2D eigenvalue weighted by Gasteiger charge is -2.35. The maximum atomic E-state index is 5.39. The van der Waals surface area contributed by atoms with Crippen LogP contribution in [0.5, 0.6) is 0 Å². The van der Waals surface area contributed by atoms with Crippen LogP contribution < -0.4 is 11.4 Å². The second-order valence-corrected chi connectivity index (χ2v) is 4.06. The first kappa shape index (κ1) is 16.5. The first-order valence-electron chi connectivity index (χ1n) is 5.37. The molecule has 5 nitrogen and oxygen atoms in total. The molecule has 0 aromatic carbocycles. The Bertz CT molecular complexity index is 305. The highest BCUT2D eigenvalue weighted by Gasteiger charge is 2.26. The van der Waals surface area contributed by atoms with Gasteiger partial charge in [0.15, 0.2) is 0 Å². The maximum absolute atomic E-state index is 5.39. The smallest absolute Gasteiger partial charge is 0.121 e. The second-order valence-electron chi connectivity index (χ2n) is 4.06. The van der Waals surface area contributed by atoms with E-state index in [0.29, 0.717) is 0 Å². The van der Waals surface area contributed by atoms with Gasteiger partial charge in [-0.15, -0.1) is 24.8 Å². The number of fused-ring (bicyclic) bond motifs is 1. The van der Waals surface area contributed by atoms with Gasteiger partial charge in [-0.3, -0.25) is 15.9 Å². The van der Waals surface area contributed by atoms with Crippen LogP contribution in [0.3, 0.4) is 0 Å². The summed E-state index contributed by atoms with van der Waals surface area (Å²) in [7, 11) is 2.11. The van der Waals surface area contributed by atoms with E-state index in [1.165, 1.54) is 24.1 Å². The summed E-state index contributed by atoms with van der Waals surface area (Å²) in [4.78, 5) is 0. The molecule has 2 aliphatic rings. The average Bonchev–Trinajstić information content (AvgIpc) is 2.62. The predicted octanol–water partition coefficient (Wildman–Crippen LogP) is 1.21. The van der Waals surface area contributed by atoms with E-state index in [2.05, 4.69) is 35.6 Å². The van der Waals surface area contributed by atoms with Gasteiger partial charge in [0.2, 0.25) is 0 Å². The molecule has 0 spiro atoms. The van der Waals surface area contributed by atoms with Gasteiger partial charge in [0.1, 0.15) is 6.67 Å². The molecule has 7 heteroatoms. The summed E-state index contributed by atoms with van der Waals surface area (Å²) in [5.41, 5.74) is 5.35. The minimum atomic E-state index is 0. The number of rotatable bonds is 3. The van der Waals surface area contributed by atoms with E-state index in [4.69, 9.17) is 5.84 Å². The topological polar surface area (TPSA) is 47.8 Å². The summed E-state index contributed by atoms with van der Waals surface area (Å²) in [5, 5.41) is 6.31. The Morgan fingerprint density at radius 2 is 2.12 bits per heavy atom. The van der Waals surface area contributed by atoms with Crippen LogP contribution in [0.25, 0.3) is 0 Å². The number of allylic oxidation sites excluding steroid dienone is 1. The molecule has 2 aliphatic heterocycles. The largest absolute Gasteiger partial charge is 0.283 e. The minimum Gasteiger partial charge on any atom is -0.283 e. The van der Waals surface area contributed by atoms with Crippen molar-refractivity contribution in [1.82, 2.24) is 20.6 Å². The van der Waals surface area contributed by atoms with Crippen molar-refractivity contribution < 1.29 is 0 Å². The Hall–Kier alpha value is -0.460. The minimum absolute atomic E-state index is 0. The van der Waals surface area contributed by atoms with Crippen molar-refractivity contribution in [3.05, 3.63) is 23.5 Å². The molecule has 2 heterocycles. The highest BCUT2D eigenvalue weighted by Crippen LogP contribution is 2.25. The van der Waals surface area contributed by atoms with Crippen molar-refractivity contribution in [1.29, 1.82) is 0 Å². The van der Waals surface area contributed by atoms with Gasteiger partial charge in [-0.2, -0.15) is 5.53 Å². The van der Waals surface area contributed by atoms with E-state index in [1.807, 2.05) is 11.2 Å². The third-order valence-corrected chi connectivity index (χ3v) is 2.81. The molecule has 0 saturated heterocycles. The molecule has 0 atom stereocenters. The maximum Gasteiger partial charge on any atom is 0.121 e. The number of nitrogens with two attached hydrogens (primary N) is 1. The molecule has 0 aliphatic carbocycles. The van der Waals surface area contributed by atoms with Gasteiger partial charge in [-0.1, -0.05) is 18.9 Å². The molecular weight excluding hydrogens is 261 g/mol. The third kappa shape index (κ3) is 3.50. The number of nitrogens with one attached hydrogen (secondary N) is 1.